The number of aliphatic carboxylic acids is 2. The van der Waals surface area contributed by atoms with E-state index in [-0.39, 0.29) is 17.9 Å². The average molecular weight is 425 g/mol. The summed E-state index contributed by atoms with van der Waals surface area (Å²) in [5, 5.41) is 24.5. The molecule has 0 aromatic heterocycles. The first kappa shape index (κ1) is 25.0. The molecule has 0 spiro atoms. The van der Waals surface area contributed by atoms with Crippen molar-refractivity contribution in [2.24, 2.45) is 5.73 Å². The fourth-order valence-electron chi connectivity index (χ4n) is 1.76. The molecule has 0 aliphatic carbocycles. The van der Waals surface area contributed by atoms with Crippen molar-refractivity contribution in [2.45, 2.75) is 43.9 Å². The van der Waals surface area contributed by atoms with E-state index in [0.717, 1.165) is 0 Å². The Kier molecular flexibility index (Phi) is 11.5. The zero-order chi connectivity index (χ0) is 21.1. The van der Waals surface area contributed by atoms with Gasteiger partial charge in [0.05, 0.1) is 6.04 Å². The second kappa shape index (κ2) is 12.4. The first-order valence-electron chi connectivity index (χ1n) is 7.86. The number of carbonyl (C=O) groups is 5. The molecule has 0 bridgehead atoms. The normalized spacial score (nSPS) is 15.0. The number of thiol groups is 2. The average Bonchev–Trinajstić information content (AvgIpc) is 2.59. The number of nitrogens with two attached hydrogens (primary N) is 1. The quantitative estimate of drug-likeness (QED) is 0.159. The Morgan fingerprint density at radius 1 is 0.852 bits per heavy atom. The van der Waals surface area contributed by atoms with Gasteiger partial charge in [0.15, 0.2) is 0 Å². The van der Waals surface area contributed by atoms with Gasteiger partial charge in [-0.2, -0.15) is 25.3 Å². The Labute approximate surface area is 166 Å². The first-order valence-corrected chi connectivity index (χ1v) is 9.12. The maximum Gasteiger partial charge on any atom is 0.326 e. The largest absolute Gasteiger partial charge is 0.481 e. The van der Waals surface area contributed by atoms with E-state index < -0.39 is 60.2 Å². The van der Waals surface area contributed by atoms with E-state index >= 15 is 0 Å². The third-order valence-corrected chi connectivity index (χ3v) is 4.04. The summed E-state index contributed by atoms with van der Waals surface area (Å²) in [6, 6.07) is -4.56. The van der Waals surface area contributed by atoms with E-state index in [2.05, 4.69) is 41.2 Å². The molecule has 0 fully saturated rings. The monoisotopic (exact) mass is 424 g/mol. The molecule has 13 heteroatoms. The minimum Gasteiger partial charge on any atom is -0.481 e. The lowest BCUT2D eigenvalue weighted by Gasteiger charge is -2.23. The van der Waals surface area contributed by atoms with Gasteiger partial charge in [-0.3, -0.25) is 19.2 Å². The predicted molar refractivity (Wildman–Crippen MR) is 102 cm³/mol. The van der Waals surface area contributed by atoms with Crippen molar-refractivity contribution in [1.29, 1.82) is 0 Å². The SMILES string of the molecule is CC(N)C(=O)NC(CS)C(=O)NC(CS)C(=O)NC(CCC(=O)O)C(=O)O. The lowest BCUT2D eigenvalue weighted by molar-refractivity contribution is -0.143. The van der Waals surface area contributed by atoms with Crippen molar-refractivity contribution >= 4 is 54.9 Å². The third kappa shape index (κ3) is 9.49. The van der Waals surface area contributed by atoms with Crippen LogP contribution < -0.4 is 21.7 Å². The van der Waals surface area contributed by atoms with Gasteiger partial charge in [0, 0.05) is 17.9 Å². The Morgan fingerprint density at radius 2 is 1.26 bits per heavy atom. The molecule has 4 atom stereocenters. The summed E-state index contributed by atoms with van der Waals surface area (Å²) in [5.74, 6) is -5.03. The predicted octanol–water partition coefficient (Wildman–Crippen LogP) is -2.40. The summed E-state index contributed by atoms with van der Waals surface area (Å²) in [7, 11) is 0. The van der Waals surface area contributed by atoms with Gasteiger partial charge in [0.1, 0.15) is 18.1 Å². The highest BCUT2D eigenvalue weighted by Gasteiger charge is 2.29. The Morgan fingerprint density at radius 3 is 1.59 bits per heavy atom. The maximum atomic E-state index is 12.2. The fraction of sp³-hybridized carbons (Fsp3) is 0.643. The number of rotatable bonds is 12. The van der Waals surface area contributed by atoms with Crippen LogP contribution in [-0.2, 0) is 24.0 Å². The number of hydrogen-bond donors (Lipinski definition) is 8. The Bertz CT molecular complexity index is 574. The molecule has 0 aromatic rings. The molecule has 0 rings (SSSR count). The molecular weight excluding hydrogens is 400 g/mol. The molecule has 3 amide bonds. The van der Waals surface area contributed by atoms with Gasteiger partial charge < -0.3 is 31.9 Å². The number of carbonyl (C=O) groups excluding carboxylic acids is 3. The summed E-state index contributed by atoms with van der Waals surface area (Å²) < 4.78 is 0. The molecule has 0 aromatic carbocycles. The zero-order valence-electron chi connectivity index (χ0n) is 14.5. The molecule has 4 unspecified atom stereocenters. The second-order valence-electron chi connectivity index (χ2n) is 5.61. The van der Waals surface area contributed by atoms with Crippen LogP contribution in [0.2, 0.25) is 0 Å². The summed E-state index contributed by atoms with van der Waals surface area (Å²) >= 11 is 7.91. The summed E-state index contributed by atoms with van der Waals surface area (Å²) in [4.78, 5) is 57.7. The maximum absolute atomic E-state index is 12.2. The Balaban J connectivity index is 4.94. The van der Waals surface area contributed by atoms with Crippen molar-refractivity contribution in [3.8, 4) is 0 Å². The van der Waals surface area contributed by atoms with Gasteiger partial charge in [-0.05, 0) is 13.3 Å². The fourth-order valence-corrected chi connectivity index (χ4v) is 2.28. The molecule has 0 saturated heterocycles. The van der Waals surface area contributed by atoms with Crippen molar-refractivity contribution in [1.82, 2.24) is 16.0 Å². The number of carboxylic acids is 2. The van der Waals surface area contributed by atoms with Crippen molar-refractivity contribution in [2.75, 3.05) is 11.5 Å². The number of nitrogens with one attached hydrogen (secondary N) is 3. The van der Waals surface area contributed by atoms with E-state index in [0.29, 0.717) is 0 Å². The molecule has 27 heavy (non-hydrogen) atoms. The van der Waals surface area contributed by atoms with Crippen LogP contribution in [0.4, 0.5) is 0 Å². The smallest absolute Gasteiger partial charge is 0.326 e. The standard InChI is InChI=1S/C14H24N4O7S2/c1-6(15)11(21)17-8(4-26)13(23)18-9(5-27)12(22)16-7(14(24)25)2-3-10(19)20/h6-9,26-27H,2-5,15H2,1H3,(H,16,22)(H,17,21)(H,18,23)(H,19,20)(H,24,25). The molecule has 154 valence electrons. The second-order valence-corrected chi connectivity index (χ2v) is 6.34. The number of amides is 3. The van der Waals surface area contributed by atoms with Crippen LogP contribution in [0.25, 0.3) is 0 Å². The van der Waals surface area contributed by atoms with Gasteiger partial charge in [-0.15, -0.1) is 0 Å². The molecule has 0 heterocycles. The van der Waals surface area contributed by atoms with Crippen LogP contribution in [0.3, 0.4) is 0 Å². The number of carboxylic acid groups (broad SMARTS) is 2. The van der Waals surface area contributed by atoms with Gasteiger partial charge in [-0.1, -0.05) is 0 Å². The van der Waals surface area contributed by atoms with Gasteiger partial charge >= 0.3 is 11.9 Å². The Hall–Kier alpha value is -1.99. The van der Waals surface area contributed by atoms with Crippen LogP contribution >= 0.6 is 25.3 Å². The van der Waals surface area contributed by atoms with E-state index in [4.69, 9.17) is 15.9 Å². The summed E-state index contributed by atoms with van der Waals surface area (Å²) in [6.45, 7) is 1.43. The van der Waals surface area contributed by atoms with Crippen LogP contribution in [0.5, 0.6) is 0 Å². The lowest BCUT2D eigenvalue weighted by Crippen LogP contribution is -2.58. The zero-order valence-corrected chi connectivity index (χ0v) is 16.3. The summed E-state index contributed by atoms with van der Waals surface area (Å²) in [6.07, 6.45) is -0.784. The van der Waals surface area contributed by atoms with E-state index in [1.165, 1.54) is 6.92 Å². The topological polar surface area (TPSA) is 188 Å². The molecule has 7 N–H and O–H groups in total. The van der Waals surface area contributed by atoms with Crippen LogP contribution in [-0.4, -0.2) is 75.5 Å². The molecule has 0 aliphatic rings. The molecule has 0 radical (unpaired) electrons. The van der Waals surface area contributed by atoms with Crippen LogP contribution in [0, 0.1) is 0 Å². The summed E-state index contributed by atoms with van der Waals surface area (Å²) in [5.41, 5.74) is 5.41. The molecule has 11 nitrogen and oxygen atoms in total. The van der Waals surface area contributed by atoms with Crippen molar-refractivity contribution in [3.05, 3.63) is 0 Å². The van der Waals surface area contributed by atoms with Crippen molar-refractivity contribution < 1.29 is 34.2 Å². The third-order valence-electron chi connectivity index (χ3n) is 3.31. The molecular formula is C14H24N4O7S2. The van der Waals surface area contributed by atoms with E-state index in [9.17, 15) is 24.0 Å². The highest BCUT2D eigenvalue weighted by molar-refractivity contribution is 7.80. The minimum absolute atomic E-state index is 0.0679. The van der Waals surface area contributed by atoms with Gasteiger partial charge in [0.2, 0.25) is 17.7 Å². The van der Waals surface area contributed by atoms with Crippen molar-refractivity contribution in [3.63, 3.8) is 0 Å². The van der Waals surface area contributed by atoms with E-state index in [1.807, 2.05) is 0 Å². The van der Waals surface area contributed by atoms with Gasteiger partial charge in [-0.25, -0.2) is 4.79 Å². The van der Waals surface area contributed by atoms with E-state index in [1.54, 1.807) is 0 Å². The molecule has 0 saturated carbocycles. The lowest BCUT2D eigenvalue weighted by atomic mass is 10.1. The van der Waals surface area contributed by atoms with Crippen LogP contribution in [0.1, 0.15) is 19.8 Å². The van der Waals surface area contributed by atoms with Gasteiger partial charge in [0.25, 0.3) is 0 Å². The minimum atomic E-state index is -1.44. The molecule has 0 aliphatic heterocycles. The highest BCUT2D eigenvalue weighted by Crippen LogP contribution is 2.01. The highest BCUT2D eigenvalue weighted by atomic mass is 32.1. The van der Waals surface area contributed by atoms with Crippen LogP contribution in [0.15, 0.2) is 0 Å². The first-order chi connectivity index (χ1) is 12.5. The number of hydrogen-bond acceptors (Lipinski definition) is 8.